The van der Waals surface area contributed by atoms with Crippen molar-refractivity contribution >= 4 is 21.7 Å². The molecule has 0 radical (unpaired) electrons. The summed E-state index contributed by atoms with van der Waals surface area (Å²) >= 11 is 0. The average Bonchev–Trinajstić information content (AvgIpc) is 2.90. The van der Waals surface area contributed by atoms with E-state index < -0.39 is 0 Å². The highest BCUT2D eigenvalue weighted by Gasteiger charge is 2.04. The molecule has 0 saturated carbocycles. The van der Waals surface area contributed by atoms with Crippen molar-refractivity contribution in [3.8, 4) is 11.4 Å². The van der Waals surface area contributed by atoms with E-state index in [1.54, 1.807) is 0 Å². The van der Waals surface area contributed by atoms with Crippen LogP contribution in [0.3, 0.4) is 0 Å². The van der Waals surface area contributed by atoms with Gasteiger partial charge in [0.25, 0.3) is 0 Å². The lowest BCUT2D eigenvalue weighted by atomic mass is 10.1. The summed E-state index contributed by atoms with van der Waals surface area (Å²) in [5.74, 6) is 0. The van der Waals surface area contributed by atoms with Gasteiger partial charge >= 0.3 is 0 Å². The first-order valence-electron chi connectivity index (χ1n) is 6.33. The third kappa shape index (κ3) is 1.69. The molecule has 90 valence electrons. The van der Waals surface area contributed by atoms with Crippen LogP contribution in [-0.4, -0.2) is 9.97 Å². The van der Waals surface area contributed by atoms with Crippen LogP contribution in [0.25, 0.3) is 33.1 Å². The van der Waals surface area contributed by atoms with E-state index in [4.69, 9.17) is 0 Å². The van der Waals surface area contributed by atoms with Gasteiger partial charge in [-0.25, -0.2) is 0 Å². The summed E-state index contributed by atoms with van der Waals surface area (Å²) in [5.41, 5.74) is 3.19. The topological polar surface area (TPSA) is 28.7 Å². The fourth-order valence-corrected chi connectivity index (χ4v) is 2.44. The van der Waals surface area contributed by atoms with Gasteiger partial charge in [0.05, 0.1) is 11.4 Å². The number of rotatable bonds is 1. The summed E-state index contributed by atoms with van der Waals surface area (Å²) < 4.78 is 0. The molecule has 0 amide bonds. The van der Waals surface area contributed by atoms with Gasteiger partial charge in [-0.1, -0.05) is 42.5 Å². The van der Waals surface area contributed by atoms with Crippen LogP contribution in [0.4, 0.5) is 0 Å². The first-order chi connectivity index (χ1) is 9.40. The maximum atomic E-state index is 4.54. The number of para-hydroxylation sites is 1. The molecule has 1 N–H and O–H groups in total. The monoisotopic (exact) mass is 244 g/mol. The van der Waals surface area contributed by atoms with Crippen LogP contribution in [0, 0.1) is 0 Å². The van der Waals surface area contributed by atoms with E-state index in [0.29, 0.717) is 0 Å². The molecule has 0 aliphatic rings. The summed E-state index contributed by atoms with van der Waals surface area (Å²) in [6.07, 6.45) is 1.93. The molecule has 0 aliphatic heterocycles. The number of hydrogen-bond donors (Lipinski definition) is 1. The standard InChI is InChI=1S/C17H12N2/c1-2-7-14-11-18-16(9-12(14)5-1)17-10-13-6-3-4-8-15(13)19-17/h1-11,19H. The maximum Gasteiger partial charge on any atom is 0.0871 e. The molecular formula is C17H12N2. The van der Waals surface area contributed by atoms with Crippen molar-refractivity contribution in [2.75, 3.05) is 0 Å². The second kappa shape index (κ2) is 3.95. The SMILES string of the molecule is c1ccc2cc(-c3cc4ccccc4[nH]3)ncc2c1. The highest BCUT2D eigenvalue weighted by Crippen LogP contribution is 2.24. The number of nitrogens with zero attached hydrogens (tertiary/aromatic N) is 1. The molecule has 0 bridgehead atoms. The number of pyridine rings is 1. The number of aromatic nitrogens is 2. The van der Waals surface area contributed by atoms with Gasteiger partial charge in [-0.15, -0.1) is 0 Å². The molecule has 2 aromatic heterocycles. The summed E-state index contributed by atoms with van der Waals surface area (Å²) in [4.78, 5) is 7.96. The molecule has 2 heteroatoms. The van der Waals surface area contributed by atoms with Gasteiger partial charge < -0.3 is 4.98 Å². The molecule has 4 aromatic rings. The molecule has 0 spiro atoms. The Labute approximate surface area is 110 Å². The van der Waals surface area contributed by atoms with Crippen LogP contribution in [0.1, 0.15) is 0 Å². The highest BCUT2D eigenvalue weighted by atomic mass is 14.8. The molecule has 2 heterocycles. The predicted octanol–water partition coefficient (Wildman–Crippen LogP) is 4.38. The Bertz CT molecular complexity index is 841. The lowest BCUT2D eigenvalue weighted by molar-refractivity contribution is 1.31. The van der Waals surface area contributed by atoms with Gasteiger partial charge in [-0.3, -0.25) is 4.98 Å². The van der Waals surface area contributed by atoms with Crippen molar-refractivity contribution in [3.63, 3.8) is 0 Å². The minimum Gasteiger partial charge on any atom is -0.353 e. The van der Waals surface area contributed by atoms with E-state index in [9.17, 15) is 0 Å². The molecule has 0 unspecified atom stereocenters. The lowest BCUT2D eigenvalue weighted by Gasteiger charge is -2.00. The zero-order valence-electron chi connectivity index (χ0n) is 10.3. The van der Waals surface area contributed by atoms with E-state index in [-0.39, 0.29) is 0 Å². The fraction of sp³-hybridized carbons (Fsp3) is 0. The zero-order valence-corrected chi connectivity index (χ0v) is 10.3. The Morgan fingerprint density at radius 2 is 1.47 bits per heavy atom. The fourth-order valence-electron chi connectivity index (χ4n) is 2.44. The first kappa shape index (κ1) is 10.3. The van der Waals surface area contributed by atoms with Gasteiger partial charge in [-0.05, 0) is 23.6 Å². The lowest BCUT2D eigenvalue weighted by Crippen LogP contribution is -1.83. The number of benzene rings is 2. The van der Waals surface area contributed by atoms with Crippen LogP contribution in [-0.2, 0) is 0 Å². The van der Waals surface area contributed by atoms with Crippen molar-refractivity contribution in [2.24, 2.45) is 0 Å². The van der Waals surface area contributed by atoms with Crippen LogP contribution in [0.5, 0.6) is 0 Å². The highest BCUT2D eigenvalue weighted by molar-refractivity contribution is 5.88. The second-order valence-electron chi connectivity index (χ2n) is 4.69. The van der Waals surface area contributed by atoms with E-state index in [2.05, 4.69) is 52.4 Å². The van der Waals surface area contributed by atoms with E-state index in [0.717, 1.165) is 16.9 Å². The number of hydrogen-bond acceptors (Lipinski definition) is 1. The molecule has 0 saturated heterocycles. The normalized spacial score (nSPS) is 11.2. The minimum absolute atomic E-state index is 0.981. The number of H-pyrrole nitrogens is 1. The Kier molecular flexibility index (Phi) is 2.15. The Balaban J connectivity index is 1.93. The molecule has 0 fully saturated rings. The van der Waals surface area contributed by atoms with Crippen molar-refractivity contribution in [3.05, 3.63) is 66.9 Å². The van der Waals surface area contributed by atoms with Crippen molar-refractivity contribution in [1.29, 1.82) is 0 Å². The summed E-state index contributed by atoms with van der Waals surface area (Å²) in [6, 6.07) is 20.8. The Morgan fingerprint density at radius 1 is 0.737 bits per heavy atom. The van der Waals surface area contributed by atoms with Crippen molar-refractivity contribution in [2.45, 2.75) is 0 Å². The molecule has 0 aliphatic carbocycles. The molecule has 2 aromatic carbocycles. The number of fused-ring (bicyclic) bond motifs is 2. The van der Waals surface area contributed by atoms with Gasteiger partial charge in [0.15, 0.2) is 0 Å². The van der Waals surface area contributed by atoms with Crippen LogP contribution >= 0.6 is 0 Å². The molecular weight excluding hydrogens is 232 g/mol. The Hall–Kier alpha value is -2.61. The largest absolute Gasteiger partial charge is 0.353 e. The molecule has 0 atom stereocenters. The smallest absolute Gasteiger partial charge is 0.0871 e. The Morgan fingerprint density at radius 3 is 2.32 bits per heavy atom. The van der Waals surface area contributed by atoms with E-state index >= 15 is 0 Å². The van der Waals surface area contributed by atoms with Gasteiger partial charge in [0.2, 0.25) is 0 Å². The van der Waals surface area contributed by atoms with E-state index in [1.807, 2.05) is 24.4 Å². The summed E-state index contributed by atoms with van der Waals surface area (Å²) in [5, 5.41) is 3.60. The minimum atomic E-state index is 0.981. The van der Waals surface area contributed by atoms with Crippen molar-refractivity contribution < 1.29 is 0 Å². The zero-order chi connectivity index (χ0) is 12.7. The van der Waals surface area contributed by atoms with Gasteiger partial charge in [0.1, 0.15) is 0 Å². The second-order valence-corrected chi connectivity index (χ2v) is 4.69. The van der Waals surface area contributed by atoms with Crippen molar-refractivity contribution in [1.82, 2.24) is 9.97 Å². The third-order valence-corrected chi connectivity index (χ3v) is 3.44. The first-order valence-corrected chi connectivity index (χ1v) is 6.33. The number of aromatic amines is 1. The van der Waals surface area contributed by atoms with E-state index in [1.165, 1.54) is 16.2 Å². The summed E-state index contributed by atoms with van der Waals surface area (Å²) in [7, 11) is 0. The average molecular weight is 244 g/mol. The van der Waals surface area contributed by atoms with Crippen LogP contribution < -0.4 is 0 Å². The third-order valence-electron chi connectivity index (χ3n) is 3.44. The molecule has 2 nitrogen and oxygen atoms in total. The number of nitrogens with one attached hydrogen (secondary N) is 1. The maximum absolute atomic E-state index is 4.54. The van der Waals surface area contributed by atoms with Gasteiger partial charge in [0, 0.05) is 22.5 Å². The quantitative estimate of drug-likeness (QED) is 0.528. The summed E-state index contributed by atoms with van der Waals surface area (Å²) in [6.45, 7) is 0. The molecule has 19 heavy (non-hydrogen) atoms. The molecule has 4 rings (SSSR count). The van der Waals surface area contributed by atoms with Gasteiger partial charge in [-0.2, -0.15) is 0 Å². The predicted molar refractivity (Wildman–Crippen MR) is 79.0 cm³/mol. The van der Waals surface area contributed by atoms with Crippen LogP contribution in [0.15, 0.2) is 66.9 Å². The van der Waals surface area contributed by atoms with Crippen LogP contribution in [0.2, 0.25) is 0 Å².